The lowest BCUT2D eigenvalue weighted by Gasteiger charge is -2.00. The zero-order valence-electron chi connectivity index (χ0n) is 8.83. The molecule has 0 spiro atoms. The molecule has 0 amide bonds. The maximum atomic E-state index is 11.9. The normalized spacial score (nSPS) is 10.4. The second-order valence-electron chi connectivity index (χ2n) is 3.66. The molecule has 0 saturated carbocycles. The predicted octanol–water partition coefficient (Wildman–Crippen LogP) is 2.80. The molecule has 4 heteroatoms. The Morgan fingerprint density at radius 1 is 1.38 bits per heavy atom. The van der Waals surface area contributed by atoms with Gasteiger partial charge in [0, 0.05) is 5.56 Å². The fraction of sp³-hybridized carbons (Fsp3) is 0.167. The maximum absolute atomic E-state index is 11.9. The summed E-state index contributed by atoms with van der Waals surface area (Å²) in [5.41, 5.74) is 2.49. The summed E-state index contributed by atoms with van der Waals surface area (Å²) in [5, 5.41) is 6.99. The first-order valence-electron chi connectivity index (χ1n) is 4.94. The molecule has 1 aromatic heterocycles. The van der Waals surface area contributed by atoms with Crippen LogP contribution < -0.4 is 0 Å². The van der Waals surface area contributed by atoms with Crippen LogP contribution in [0, 0.1) is 6.92 Å². The van der Waals surface area contributed by atoms with Crippen molar-refractivity contribution in [3.8, 4) is 0 Å². The number of nitrogens with one attached hydrogen (secondary N) is 1. The molecule has 2 aromatic rings. The van der Waals surface area contributed by atoms with Gasteiger partial charge < -0.3 is 0 Å². The summed E-state index contributed by atoms with van der Waals surface area (Å²) in [6.45, 7) is 1.99. The number of aryl methyl sites for hydroxylation is 1. The molecule has 0 bridgehead atoms. The topological polar surface area (TPSA) is 45.8 Å². The van der Waals surface area contributed by atoms with Gasteiger partial charge in [-0.15, -0.1) is 0 Å². The average molecular weight is 235 g/mol. The number of rotatable bonds is 3. The van der Waals surface area contributed by atoms with E-state index in [1.54, 1.807) is 0 Å². The van der Waals surface area contributed by atoms with Crippen LogP contribution in [0.3, 0.4) is 0 Å². The summed E-state index contributed by atoms with van der Waals surface area (Å²) in [5.74, 6) is 0.0335. The first-order chi connectivity index (χ1) is 7.66. The van der Waals surface area contributed by atoms with E-state index in [-0.39, 0.29) is 12.2 Å². The van der Waals surface area contributed by atoms with Gasteiger partial charge in [-0.1, -0.05) is 41.4 Å². The summed E-state index contributed by atoms with van der Waals surface area (Å²) >= 11 is 5.85. The highest BCUT2D eigenvalue weighted by Crippen LogP contribution is 2.14. The van der Waals surface area contributed by atoms with E-state index in [4.69, 9.17) is 11.6 Å². The molecule has 1 aromatic carbocycles. The fourth-order valence-electron chi connectivity index (χ4n) is 1.42. The van der Waals surface area contributed by atoms with Crippen LogP contribution in [0.4, 0.5) is 0 Å². The number of hydrogen-bond acceptors (Lipinski definition) is 2. The quantitative estimate of drug-likeness (QED) is 0.830. The lowest BCUT2D eigenvalue weighted by Crippen LogP contribution is -2.04. The van der Waals surface area contributed by atoms with E-state index in [9.17, 15) is 4.79 Å². The number of ketones is 1. The third-order valence-electron chi connectivity index (χ3n) is 2.38. The molecule has 3 nitrogen and oxygen atoms in total. The number of aromatic nitrogens is 2. The van der Waals surface area contributed by atoms with Crippen LogP contribution in [0.5, 0.6) is 0 Å². The number of H-pyrrole nitrogens is 1. The number of Topliss-reactive ketones (excluding diaryl/α,β-unsaturated/α-hetero) is 1. The van der Waals surface area contributed by atoms with Crippen molar-refractivity contribution in [2.45, 2.75) is 13.3 Å². The van der Waals surface area contributed by atoms with E-state index in [0.717, 1.165) is 5.56 Å². The van der Waals surface area contributed by atoms with Crippen LogP contribution in [0.15, 0.2) is 30.5 Å². The zero-order valence-corrected chi connectivity index (χ0v) is 9.58. The SMILES string of the molecule is Cc1ccc(C(=O)Cc2[nH]ncc2Cl)cc1. The van der Waals surface area contributed by atoms with Gasteiger partial charge in [0.05, 0.1) is 23.3 Å². The maximum Gasteiger partial charge on any atom is 0.168 e. The molecule has 0 aliphatic heterocycles. The van der Waals surface area contributed by atoms with Crippen LogP contribution >= 0.6 is 11.6 Å². The average Bonchev–Trinajstić information content (AvgIpc) is 2.65. The molecule has 1 heterocycles. The van der Waals surface area contributed by atoms with Gasteiger partial charge in [-0.25, -0.2) is 0 Å². The second kappa shape index (κ2) is 4.49. The van der Waals surface area contributed by atoms with Crippen LogP contribution in [0.25, 0.3) is 0 Å². The Morgan fingerprint density at radius 3 is 2.62 bits per heavy atom. The van der Waals surface area contributed by atoms with Crippen LogP contribution in [0.2, 0.25) is 5.02 Å². The molecule has 0 unspecified atom stereocenters. The molecule has 0 fully saturated rings. The van der Waals surface area contributed by atoms with Crippen molar-refractivity contribution in [2.75, 3.05) is 0 Å². The molecule has 0 atom stereocenters. The van der Waals surface area contributed by atoms with Gasteiger partial charge >= 0.3 is 0 Å². The Balaban J connectivity index is 2.15. The highest BCUT2D eigenvalue weighted by molar-refractivity contribution is 6.31. The van der Waals surface area contributed by atoms with Gasteiger partial charge in [-0.05, 0) is 6.92 Å². The minimum Gasteiger partial charge on any atom is -0.294 e. The number of benzene rings is 1. The number of carbonyl (C=O) groups is 1. The molecule has 82 valence electrons. The number of hydrogen-bond donors (Lipinski definition) is 1. The first-order valence-corrected chi connectivity index (χ1v) is 5.32. The molecular formula is C12H11ClN2O. The van der Waals surface area contributed by atoms with Gasteiger partial charge in [0.1, 0.15) is 0 Å². The molecule has 2 rings (SSSR count). The van der Waals surface area contributed by atoms with Crippen molar-refractivity contribution in [1.29, 1.82) is 0 Å². The molecule has 16 heavy (non-hydrogen) atoms. The van der Waals surface area contributed by atoms with E-state index in [2.05, 4.69) is 10.2 Å². The Hall–Kier alpha value is -1.61. The first kappa shape index (κ1) is 10.9. The summed E-state index contributed by atoms with van der Waals surface area (Å²) in [4.78, 5) is 11.9. The zero-order chi connectivity index (χ0) is 11.5. The van der Waals surface area contributed by atoms with Crippen molar-refractivity contribution < 1.29 is 4.79 Å². The van der Waals surface area contributed by atoms with Gasteiger partial charge in [0.2, 0.25) is 0 Å². The van der Waals surface area contributed by atoms with E-state index in [1.165, 1.54) is 6.20 Å². The standard InChI is InChI=1S/C12H11ClN2O/c1-8-2-4-9(5-3-8)12(16)6-11-10(13)7-14-15-11/h2-5,7H,6H2,1H3,(H,14,15). The fourth-order valence-corrected chi connectivity index (χ4v) is 1.58. The highest BCUT2D eigenvalue weighted by Gasteiger charge is 2.10. The van der Waals surface area contributed by atoms with Crippen molar-refractivity contribution in [2.24, 2.45) is 0 Å². The smallest absolute Gasteiger partial charge is 0.168 e. The van der Waals surface area contributed by atoms with E-state index in [1.807, 2.05) is 31.2 Å². The third-order valence-corrected chi connectivity index (χ3v) is 2.70. The monoisotopic (exact) mass is 234 g/mol. The molecule has 0 radical (unpaired) electrons. The molecule has 0 saturated heterocycles. The Kier molecular flexibility index (Phi) is 3.06. The van der Waals surface area contributed by atoms with Gasteiger partial charge in [0.25, 0.3) is 0 Å². The number of carbonyl (C=O) groups excluding carboxylic acids is 1. The lowest BCUT2D eigenvalue weighted by molar-refractivity contribution is 0.0992. The molecule has 1 N–H and O–H groups in total. The number of nitrogens with zero attached hydrogens (tertiary/aromatic N) is 1. The summed E-state index contributed by atoms with van der Waals surface area (Å²) < 4.78 is 0. The van der Waals surface area contributed by atoms with Crippen molar-refractivity contribution in [1.82, 2.24) is 10.2 Å². The third kappa shape index (κ3) is 2.31. The van der Waals surface area contributed by atoms with Gasteiger partial charge in [0.15, 0.2) is 5.78 Å². The van der Waals surface area contributed by atoms with Crippen LogP contribution in [-0.2, 0) is 6.42 Å². The van der Waals surface area contributed by atoms with E-state index in [0.29, 0.717) is 16.3 Å². The highest BCUT2D eigenvalue weighted by atomic mass is 35.5. The predicted molar refractivity (Wildman–Crippen MR) is 62.8 cm³/mol. The second-order valence-corrected chi connectivity index (χ2v) is 4.07. The van der Waals surface area contributed by atoms with Crippen molar-refractivity contribution >= 4 is 17.4 Å². The molecule has 0 aliphatic rings. The van der Waals surface area contributed by atoms with Crippen molar-refractivity contribution in [3.63, 3.8) is 0 Å². The molecule has 0 aliphatic carbocycles. The number of aromatic amines is 1. The van der Waals surface area contributed by atoms with Crippen molar-refractivity contribution in [3.05, 3.63) is 52.3 Å². The Bertz CT molecular complexity index is 502. The number of halogens is 1. The van der Waals surface area contributed by atoms with Crippen LogP contribution in [-0.4, -0.2) is 16.0 Å². The summed E-state index contributed by atoms with van der Waals surface area (Å²) in [7, 11) is 0. The molecular weight excluding hydrogens is 224 g/mol. The van der Waals surface area contributed by atoms with Gasteiger partial charge in [-0.2, -0.15) is 5.10 Å². The summed E-state index contributed by atoms with van der Waals surface area (Å²) in [6, 6.07) is 7.48. The Labute approximate surface area is 98.4 Å². The summed E-state index contributed by atoms with van der Waals surface area (Å²) in [6.07, 6.45) is 1.75. The minimum absolute atomic E-state index is 0.0335. The van der Waals surface area contributed by atoms with E-state index < -0.39 is 0 Å². The van der Waals surface area contributed by atoms with Gasteiger partial charge in [-0.3, -0.25) is 9.89 Å². The van der Waals surface area contributed by atoms with E-state index >= 15 is 0 Å². The minimum atomic E-state index is 0.0335. The lowest BCUT2D eigenvalue weighted by atomic mass is 10.1. The van der Waals surface area contributed by atoms with Crippen LogP contribution in [0.1, 0.15) is 21.6 Å². The largest absolute Gasteiger partial charge is 0.294 e. The Morgan fingerprint density at radius 2 is 2.06 bits per heavy atom.